The molecule has 0 atom stereocenters. The number of halogens is 2. The fourth-order valence-corrected chi connectivity index (χ4v) is 2.76. The Morgan fingerprint density at radius 3 is 2.46 bits per heavy atom. The van der Waals surface area contributed by atoms with Crippen molar-refractivity contribution in [2.75, 3.05) is 0 Å². The van der Waals surface area contributed by atoms with E-state index >= 15 is 0 Å². The van der Waals surface area contributed by atoms with Crippen molar-refractivity contribution in [1.29, 1.82) is 0 Å². The zero-order valence-electron chi connectivity index (χ0n) is 13.7. The Labute approximate surface area is 140 Å². The summed E-state index contributed by atoms with van der Waals surface area (Å²) < 4.78 is 29.2. The van der Waals surface area contributed by atoms with Gasteiger partial charge in [0, 0.05) is 22.9 Å². The Kier molecular flexibility index (Phi) is 4.30. The van der Waals surface area contributed by atoms with Crippen LogP contribution in [0.15, 0.2) is 55.1 Å². The molecule has 122 valence electrons. The van der Waals surface area contributed by atoms with Gasteiger partial charge in [-0.1, -0.05) is 43.0 Å². The first kappa shape index (κ1) is 16.1. The van der Waals surface area contributed by atoms with Crippen LogP contribution >= 0.6 is 0 Å². The number of allylic oxidation sites excluding steroid dienone is 1. The highest BCUT2D eigenvalue weighted by molar-refractivity contribution is 5.66. The fourth-order valence-electron chi connectivity index (χ4n) is 2.76. The molecular formula is C20H18F2N2. The number of hydrogen-bond acceptors (Lipinski definition) is 1. The fraction of sp³-hybridized carbons (Fsp3) is 0.150. The maximum absolute atomic E-state index is 14.1. The minimum atomic E-state index is -0.579. The van der Waals surface area contributed by atoms with Crippen LogP contribution in [0.2, 0.25) is 0 Å². The van der Waals surface area contributed by atoms with Gasteiger partial charge in [-0.2, -0.15) is 0 Å². The summed E-state index contributed by atoms with van der Waals surface area (Å²) >= 11 is 0. The van der Waals surface area contributed by atoms with Crippen molar-refractivity contribution in [3.8, 4) is 11.4 Å². The van der Waals surface area contributed by atoms with Crippen molar-refractivity contribution >= 4 is 5.57 Å². The molecule has 3 rings (SSSR count). The standard InChI is InChI=1S/C20H18F2N2/c1-13(2)19-14(3)24(12-16-9-10-17(21)11-18(16)22)20(23-19)15-7-5-4-6-8-15/h4-11H,1,12H2,2-3H3. The lowest BCUT2D eigenvalue weighted by Gasteiger charge is -2.11. The molecule has 0 saturated heterocycles. The minimum Gasteiger partial charge on any atom is -0.323 e. The van der Waals surface area contributed by atoms with Gasteiger partial charge >= 0.3 is 0 Å². The van der Waals surface area contributed by atoms with Crippen molar-refractivity contribution in [1.82, 2.24) is 9.55 Å². The average molecular weight is 324 g/mol. The van der Waals surface area contributed by atoms with Gasteiger partial charge in [0.15, 0.2) is 0 Å². The van der Waals surface area contributed by atoms with E-state index in [1.807, 2.05) is 48.7 Å². The highest BCUT2D eigenvalue weighted by Crippen LogP contribution is 2.27. The molecule has 0 aliphatic rings. The third-order valence-corrected chi connectivity index (χ3v) is 4.00. The Morgan fingerprint density at radius 2 is 1.83 bits per heavy atom. The lowest BCUT2D eigenvalue weighted by atomic mass is 10.1. The molecule has 0 amide bonds. The van der Waals surface area contributed by atoms with Crippen molar-refractivity contribution in [2.45, 2.75) is 20.4 Å². The normalized spacial score (nSPS) is 10.8. The highest BCUT2D eigenvalue weighted by Gasteiger charge is 2.17. The zero-order chi connectivity index (χ0) is 17.3. The van der Waals surface area contributed by atoms with Crippen LogP contribution in [0.1, 0.15) is 23.9 Å². The molecule has 0 saturated carbocycles. The van der Waals surface area contributed by atoms with Gasteiger partial charge in [-0.15, -0.1) is 0 Å². The number of imidazole rings is 1. The van der Waals surface area contributed by atoms with E-state index < -0.39 is 11.6 Å². The molecule has 0 aliphatic carbocycles. The van der Waals surface area contributed by atoms with E-state index in [1.165, 1.54) is 12.1 Å². The second-order valence-corrected chi connectivity index (χ2v) is 5.84. The minimum absolute atomic E-state index is 0.280. The van der Waals surface area contributed by atoms with Gasteiger partial charge in [-0.05, 0) is 25.5 Å². The quantitative estimate of drug-likeness (QED) is 0.643. The Balaban J connectivity index is 2.13. The van der Waals surface area contributed by atoms with Crippen LogP contribution in [-0.2, 0) is 6.54 Å². The summed E-state index contributed by atoms with van der Waals surface area (Å²) in [6.45, 7) is 8.08. The first-order chi connectivity index (χ1) is 11.5. The molecular weight excluding hydrogens is 306 g/mol. The number of rotatable bonds is 4. The van der Waals surface area contributed by atoms with Crippen molar-refractivity contribution < 1.29 is 8.78 Å². The topological polar surface area (TPSA) is 17.8 Å². The van der Waals surface area contributed by atoms with E-state index in [0.29, 0.717) is 5.56 Å². The van der Waals surface area contributed by atoms with E-state index in [-0.39, 0.29) is 6.54 Å². The molecule has 4 heteroatoms. The van der Waals surface area contributed by atoms with Gasteiger partial charge in [0.05, 0.1) is 12.2 Å². The summed E-state index contributed by atoms with van der Waals surface area (Å²) in [6.07, 6.45) is 0. The van der Waals surface area contributed by atoms with E-state index in [1.54, 1.807) is 0 Å². The lowest BCUT2D eigenvalue weighted by molar-refractivity contribution is 0.565. The predicted molar refractivity (Wildman–Crippen MR) is 92.6 cm³/mol. The van der Waals surface area contributed by atoms with Gasteiger partial charge in [0.2, 0.25) is 0 Å². The van der Waals surface area contributed by atoms with E-state index in [9.17, 15) is 8.78 Å². The maximum atomic E-state index is 14.1. The largest absolute Gasteiger partial charge is 0.323 e. The number of hydrogen-bond donors (Lipinski definition) is 0. The first-order valence-electron chi connectivity index (χ1n) is 7.69. The molecule has 24 heavy (non-hydrogen) atoms. The first-order valence-corrected chi connectivity index (χ1v) is 7.69. The molecule has 1 aromatic heterocycles. The molecule has 0 unspecified atom stereocenters. The van der Waals surface area contributed by atoms with Crippen molar-refractivity contribution in [3.05, 3.63) is 83.7 Å². The Bertz CT molecular complexity index is 896. The molecule has 3 aromatic rings. The van der Waals surface area contributed by atoms with Crippen LogP contribution < -0.4 is 0 Å². The number of nitrogens with zero attached hydrogens (tertiary/aromatic N) is 2. The monoisotopic (exact) mass is 324 g/mol. The maximum Gasteiger partial charge on any atom is 0.141 e. The molecule has 0 radical (unpaired) electrons. The van der Waals surface area contributed by atoms with Crippen LogP contribution in [0.5, 0.6) is 0 Å². The van der Waals surface area contributed by atoms with Gasteiger partial charge in [0.1, 0.15) is 17.5 Å². The molecule has 0 bridgehead atoms. The van der Waals surface area contributed by atoms with Crippen LogP contribution in [-0.4, -0.2) is 9.55 Å². The summed E-state index contributed by atoms with van der Waals surface area (Å²) in [4.78, 5) is 4.69. The third kappa shape index (κ3) is 3.00. The summed E-state index contributed by atoms with van der Waals surface area (Å²) in [5, 5.41) is 0. The summed E-state index contributed by atoms with van der Waals surface area (Å²) in [5.74, 6) is -0.390. The van der Waals surface area contributed by atoms with Gasteiger partial charge < -0.3 is 4.57 Å². The molecule has 2 nitrogen and oxygen atoms in total. The lowest BCUT2D eigenvalue weighted by Crippen LogP contribution is -2.06. The van der Waals surface area contributed by atoms with Crippen LogP contribution in [0.4, 0.5) is 8.78 Å². The van der Waals surface area contributed by atoms with Crippen LogP contribution in [0.25, 0.3) is 17.0 Å². The van der Waals surface area contributed by atoms with E-state index in [0.717, 1.165) is 34.4 Å². The predicted octanol–water partition coefficient (Wildman–Crippen LogP) is 5.22. The Hall–Kier alpha value is -2.75. The SMILES string of the molecule is C=C(C)c1nc(-c2ccccc2)n(Cc2ccc(F)cc2F)c1C. The smallest absolute Gasteiger partial charge is 0.141 e. The summed E-state index contributed by atoms with van der Waals surface area (Å²) in [6, 6.07) is 13.4. The molecule has 0 aliphatic heterocycles. The molecule has 2 aromatic carbocycles. The number of aromatic nitrogens is 2. The zero-order valence-corrected chi connectivity index (χ0v) is 13.7. The molecule has 0 spiro atoms. The average Bonchev–Trinajstić information content (AvgIpc) is 2.88. The molecule has 0 N–H and O–H groups in total. The van der Waals surface area contributed by atoms with Crippen LogP contribution in [0.3, 0.4) is 0 Å². The van der Waals surface area contributed by atoms with Crippen molar-refractivity contribution in [2.24, 2.45) is 0 Å². The summed E-state index contributed by atoms with van der Waals surface area (Å²) in [5.41, 5.74) is 3.92. The second-order valence-electron chi connectivity index (χ2n) is 5.84. The summed E-state index contributed by atoms with van der Waals surface area (Å²) in [7, 11) is 0. The number of benzene rings is 2. The van der Waals surface area contributed by atoms with Gasteiger partial charge in [0.25, 0.3) is 0 Å². The van der Waals surface area contributed by atoms with Gasteiger partial charge in [-0.25, -0.2) is 13.8 Å². The third-order valence-electron chi connectivity index (χ3n) is 4.00. The van der Waals surface area contributed by atoms with Crippen LogP contribution in [0, 0.1) is 18.6 Å². The second kappa shape index (κ2) is 6.40. The van der Waals surface area contributed by atoms with Crippen molar-refractivity contribution in [3.63, 3.8) is 0 Å². The van der Waals surface area contributed by atoms with E-state index in [4.69, 9.17) is 0 Å². The van der Waals surface area contributed by atoms with E-state index in [2.05, 4.69) is 11.6 Å². The molecule has 1 heterocycles. The highest BCUT2D eigenvalue weighted by atomic mass is 19.1. The Morgan fingerprint density at radius 1 is 1.12 bits per heavy atom. The molecule has 0 fully saturated rings. The van der Waals surface area contributed by atoms with Gasteiger partial charge in [-0.3, -0.25) is 0 Å².